The molecule has 2 aromatic heterocycles. The lowest BCUT2D eigenvalue weighted by atomic mass is 9.94. The summed E-state index contributed by atoms with van der Waals surface area (Å²) in [4.78, 5) is 38.8. The fourth-order valence-electron chi connectivity index (χ4n) is 6.03. The Morgan fingerprint density at radius 2 is 1.74 bits per heavy atom. The zero-order valence-corrected chi connectivity index (χ0v) is 24.7. The highest BCUT2D eigenvalue weighted by Crippen LogP contribution is 2.43. The van der Waals surface area contributed by atoms with Gasteiger partial charge in [0.1, 0.15) is 17.8 Å². The molecule has 0 bridgehead atoms. The van der Waals surface area contributed by atoms with Crippen LogP contribution in [0.1, 0.15) is 35.7 Å². The second-order valence-corrected chi connectivity index (χ2v) is 11.3. The highest BCUT2D eigenvalue weighted by atomic mass is 16.5. The Morgan fingerprint density at radius 1 is 1.02 bits per heavy atom. The van der Waals surface area contributed by atoms with Crippen molar-refractivity contribution in [1.82, 2.24) is 24.3 Å². The number of likely N-dealkylation sites (tertiary alicyclic amines) is 1. The van der Waals surface area contributed by atoms with E-state index in [1.165, 1.54) is 6.33 Å². The Balaban J connectivity index is 1.49. The molecule has 10 heteroatoms. The lowest BCUT2D eigenvalue weighted by molar-refractivity contribution is -0.112. The molecule has 10 nitrogen and oxygen atoms in total. The van der Waals surface area contributed by atoms with E-state index in [0.717, 1.165) is 72.4 Å². The van der Waals surface area contributed by atoms with Crippen LogP contribution in [0.25, 0.3) is 33.4 Å². The summed E-state index contributed by atoms with van der Waals surface area (Å²) in [5.41, 5.74) is 13.8. The molecule has 0 unspecified atom stereocenters. The van der Waals surface area contributed by atoms with Crippen LogP contribution in [0.2, 0.25) is 0 Å². The number of carbonyl (C=O) groups is 2. The van der Waals surface area contributed by atoms with E-state index in [0.29, 0.717) is 48.0 Å². The van der Waals surface area contributed by atoms with Gasteiger partial charge in [-0.1, -0.05) is 24.8 Å². The molecule has 2 saturated heterocycles. The predicted octanol–water partition coefficient (Wildman–Crippen LogP) is 4.47. The first-order valence-electron chi connectivity index (χ1n) is 14.7. The summed E-state index contributed by atoms with van der Waals surface area (Å²) >= 11 is 0. The molecule has 4 heterocycles. The molecule has 0 spiro atoms. The number of morpholine rings is 1. The van der Waals surface area contributed by atoms with E-state index in [1.54, 1.807) is 6.92 Å². The molecule has 4 aromatic rings. The third-order valence-electron chi connectivity index (χ3n) is 8.31. The van der Waals surface area contributed by atoms with Crippen LogP contribution < -0.4 is 11.1 Å². The molecule has 2 fully saturated rings. The number of benzene rings is 2. The maximum absolute atomic E-state index is 13.1. The van der Waals surface area contributed by atoms with Crippen molar-refractivity contribution in [2.45, 2.75) is 26.3 Å². The van der Waals surface area contributed by atoms with E-state index in [-0.39, 0.29) is 11.8 Å². The first-order valence-corrected chi connectivity index (χ1v) is 14.7. The number of ether oxygens (including phenoxy) is 1. The maximum atomic E-state index is 13.1. The number of carbonyl (C=O) groups excluding carboxylic acids is 2. The van der Waals surface area contributed by atoms with Crippen molar-refractivity contribution in [2.24, 2.45) is 7.05 Å². The van der Waals surface area contributed by atoms with Crippen LogP contribution in [-0.2, 0) is 23.1 Å². The molecule has 3 N–H and O–H groups in total. The largest absolute Gasteiger partial charge is 0.383 e. The number of aromatic nitrogens is 3. The summed E-state index contributed by atoms with van der Waals surface area (Å²) in [5.74, 6) is 0.228. The molecule has 2 amide bonds. The average Bonchev–Trinajstić information content (AvgIpc) is 3.65. The number of nitrogens with one attached hydrogen (secondary N) is 1. The first-order chi connectivity index (χ1) is 20.8. The van der Waals surface area contributed by atoms with Gasteiger partial charge in [-0.05, 0) is 55.2 Å². The molecule has 2 aliphatic heterocycles. The summed E-state index contributed by atoms with van der Waals surface area (Å²) < 4.78 is 7.65. The van der Waals surface area contributed by atoms with Gasteiger partial charge < -0.3 is 25.3 Å². The quantitative estimate of drug-likeness (QED) is 0.310. The highest BCUT2D eigenvalue weighted by Gasteiger charge is 2.26. The summed E-state index contributed by atoms with van der Waals surface area (Å²) in [6.45, 7) is 10.7. The van der Waals surface area contributed by atoms with Gasteiger partial charge in [0.25, 0.3) is 11.8 Å². The van der Waals surface area contributed by atoms with Gasteiger partial charge in [0.15, 0.2) is 0 Å². The van der Waals surface area contributed by atoms with Crippen LogP contribution in [0.15, 0.2) is 60.9 Å². The fourth-order valence-corrected chi connectivity index (χ4v) is 6.03. The second kappa shape index (κ2) is 12.0. The highest BCUT2D eigenvalue weighted by molar-refractivity contribution is 6.09. The monoisotopic (exact) mass is 579 g/mol. The number of hydrogen-bond donors (Lipinski definition) is 2. The molecule has 0 saturated carbocycles. The zero-order chi connectivity index (χ0) is 30.1. The van der Waals surface area contributed by atoms with Crippen molar-refractivity contribution in [3.8, 4) is 22.4 Å². The van der Waals surface area contributed by atoms with Crippen LogP contribution >= 0.6 is 0 Å². The van der Waals surface area contributed by atoms with E-state index < -0.39 is 0 Å². The van der Waals surface area contributed by atoms with Crippen molar-refractivity contribution in [3.05, 3.63) is 72.1 Å². The molecule has 0 atom stereocenters. The molecule has 0 radical (unpaired) electrons. The van der Waals surface area contributed by atoms with Gasteiger partial charge in [-0.3, -0.25) is 14.5 Å². The minimum absolute atomic E-state index is 0.0604. The molecule has 2 aliphatic rings. The van der Waals surface area contributed by atoms with E-state index in [9.17, 15) is 9.59 Å². The Kier molecular flexibility index (Phi) is 7.96. The summed E-state index contributed by atoms with van der Waals surface area (Å²) in [6.07, 6.45) is 3.57. The SMILES string of the molecule is C=C(C)C(=O)Nc1ccc(-c2c(-c3ccc(C(=O)N4CCCC4)cc3)c3c(N)ncnc3n2C)c(CN2CCOCC2)c1. The lowest BCUT2D eigenvalue weighted by Crippen LogP contribution is -2.35. The molecule has 6 rings (SSSR count). The molecule has 2 aromatic carbocycles. The standard InChI is InChI=1S/C33H37N7O3/c1-21(2)32(41)37-25-10-11-26(24(18-25)19-39-14-16-43-17-15-39)29-27(28-30(34)35-20-36-31(28)38(29)3)22-6-8-23(9-7-22)33(42)40-12-4-5-13-40/h6-11,18,20H,1,4-5,12-17,19H2,2-3H3,(H,37,41)(H2,34,35,36). The minimum Gasteiger partial charge on any atom is -0.383 e. The summed E-state index contributed by atoms with van der Waals surface area (Å²) in [7, 11) is 1.98. The van der Waals surface area contributed by atoms with Crippen molar-refractivity contribution in [1.29, 1.82) is 0 Å². The van der Waals surface area contributed by atoms with Crippen LogP contribution in [0, 0.1) is 0 Å². The average molecular weight is 580 g/mol. The first kappa shape index (κ1) is 28.6. The molecule has 43 heavy (non-hydrogen) atoms. The number of amides is 2. The Hall–Kier alpha value is -4.54. The summed E-state index contributed by atoms with van der Waals surface area (Å²) in [5, 5.41) is 3.73. The number of nitrogen functional groups attached to an aromatic ring is 1. The van der Waals surface area contributed by atoms with Crippen LogP contribution in [-0.4, -0.2) is 75.5 Å². The fraction of sp³-hybridized carbons (Fsp3) is 0.333. The lowest BCUT2D eigenvalue weighted by Gasteiger charge is -2.28. The van der Waals surface area contributed by atoms with Gasteiger partial charge in [-0.25, -0.2) is 9.97 Å². The van der Waals surface area contributed by atoms with Crippen LogP contribution in [0.4, 0.5) is 11.5 Å². The zero-order valence-electron chi connectivity index (χ0n) is 24.7. The smallest absolute Gasteiger partial charge is 0.253 e. The van der Waals surface area contributed by atoms with Crippen molar-refractivity contribution < 1.29 is 14.3 Å². The topological polar surface area (TPSA) is 119 Å². The van der Waals surface area contributed by atoms with E-state index in [4.69, 9.17) is 10.5 Å². The number of anilines is 2. The Labute approximate surface area is 251 Å². The number of fused-ring (bicyclic) bond motifs is 1. The van der Waals surface area contributed by atoms with Crippen molar-refractivity contribution in [3.63, 3.8) is 0 Å². The van der Waals surface area contributed by atoms with Gasteiger partial charge in [-0.2, -0.15) is 0 Å². The number of hydrogen-bond acceptors (Lipinski definition) is 7. The number of rotatable bonds is 7. The number of nitrogens with zero attached hydrogens (tertiary/aromatic N) is 5. The van der Waals surface area contributed by atoms with Gasteiger partial charge in [0.05, 0.1) is 24.3 Å². The van der Waals surface area contributed by atoms with Gasteiger partial charge >= 0.3 is 0 Å². The van der Waals surface area contributed by atoms with E-state index >= 15 is 0 Å². The third kappa shape index (κ3) is 5.63. The molecule has 0 aliphatic carbocycles. The van der Waals surface area contributed by atoms with Gasteiger partial charge in [0.2, 0.25) is 0 Å². The molecular formula is C33H37N7O3. The van der Waals surface area contributed by atoms with Crippen LogP contribution in [0.5, 0.6) is 0 Å². The molecular weight excluding hydrogens is 542 g/mol. The Morgan fingerprint density at radius 3 is 2.44 bits per heavy atom. The van der Waals surface area contributed by atoms with Crippen molar-refractivity contribution in [2.75, 3.05) is 50.4 Å². The maximum Gasteiger partial charge on any atom is 0.253 e. The van der Waals surface area contributed by atoms with Gasteiger partial charge in [0, 0.05) is 67.7 Å². The number of nitrogens with two attached hydrogens (primary N) is 1. The third-order valence-corrected chi connectivity index (χ3v) is 8.31. The molecule has 222 valence electrons. The number of aryl methyl sites for hydroxylation is 1. The minimum atomic E-state index is -0.220. The van der Waals surface area contributed by atoms with Crippen molar-refractivity contribution >= 4 is 34.4 Å². The van der Waals surface area contributed by atoms with Gasteiger partial charge in [-0.15, -0.1) is 0 Å². The predicted molar refractivity (Wildman–Crippen MR) is 168 cm³/mol. The Bertz CT molecular complexity index is 1700. The van der Waals surface area contributed by atoms with E-state index in [2.05, 4.69) is 31.3 Å². The normalized spacial score (nSPS) is 15.6. The summed E-state index contributed by atoms with van der Waals surface area (Å²) in [6, 6.07) is 13.7. The van der Waals surface area contributed by atoms with Crippen LogP contribution in [0.3, 0.4) is 0 Å². The second-order valence-electron chi connectivity index (χ2n) is 11.3. The van der Waals surface area contributed by atoms with E-state index in [1.807, 2.05) is 54.4 Å².